The van der Waals surface area contributed by atoms with E-state index in [-0.39, 0.29) is 0 Å². The molecule has 0 radical (unpaired) electrons. The van der Waals surface area contributed by atoms with Crippen LogP contribution in [-0.4, -0.2) is 33.5 Å². The lowest BCUT2D eigenvalue weighted by atomic mass is 10.2. The molecule has 108 valence electrons. The lowest BCUT2D eigenvalue weighted by Gasteiger charge is -2.06. The maximum Gasteiger partial charge on any atom is 0.126 e. The number of benzene rings is 1. The van der Waals surface area contributed by atoms with Gasteiger partial charge in [0.05, 0.1) is 13.2 Å². The summed E-state index contributed by atoms with van der Waals surface area (Å²) in [7, 11) is 1.64. The van der Waals surface area contributed by atoms with Crippen molar-refractivity contribution >= 4 is 0 Å². The molecule has 1 aromatic carbocycles. The van der Waals surface area contributed by atoms with E-state index in [1.807, 2.05) is 0 Å². The molecule has 0 saturated heterocycles. The molecule has 0 spiro atoms. The molecule has 0 bridgehead atoms. The molecule has 3 nitrogen and oxygen atoms in total. The van der Waals surface area contributed by atoms with Gasteiger partial charge < -0.3 is 14.8 Å². The smallest absolute Gasteiger partial charge is 0.126 e. The minimum Gasteiger partial charge on any atom is -0.382 e. The molecule has 0 aliphatic carbocycles. The van der Waals surface area contributed by atoms with Gasteiger partial charge in [-0.2, -0.15) is 0 Å². The third-order valence-electron chi connectivity index (χ3n) is 2.58. The van der Waals surface area contributed by atoms with Crippen molar-refractivity contribution < 1.29 is 18.3 Å². The van der Waals surface area contributed by atoms with Crippen LogP contribution in [0.15, 0.2) is 18.2 Å². The SMILES string of the molecule is COCCOCCCCNCc1cc(F)cc(F)c1. The first kappa shape index (κ1) is 16.0. The fraction of sp³-hybridized carbons (Fsp3) is 0.571. The molecule has 0 aliphatic rings. The van der Waals surface area contributed by atoms with Crippen molar-refractivity contribution in [3.8, 4) is 0 Å². The monoisotopic (exact) mass is 273 g/mol. The Morgan fingerprint density at radius 3 is 2.42 bits per heavy atom. The van der Waals surface area contributed by atoms with Gasteiger partial charge in [-0.15, -0.1) is 0 Å². The number of ether oxygens (including phenoxy) is 2. The van der Waals surface area contributed by atoms with Crippen molar-refractivity contribution in [2.45, 2.75) is 19.4 Å². The summed E-state index contributed by atoms with van der Waals surface area (Å²) in [5.74, 6) is -1.08. The second-order valence-corrected chi connectivity index (χ2v) is 4.27. The Balaban J connectivity index is 2.01. The summed E-state index contributed by atoms with van der Waals surface area (Å²) in [5.41, 5.74) is 0.619. The van der Waals surface area contributed by atoms with Crippen LogP contribution in [0.1, 0.15) is 18.4 Å². The van der Waals surface area contributed by atoms with Crippen LogP contribution in [0.2, 0.25) is 0 Å². The van der Waals surface area contributed by atoms with Crippen molar-refractivity contribution in [2.75, 3.05) is 33.5 Å². The van der Waals surface area contributed by atoms with Gasteiger partial charge >= 0.3 is 0 Å². The van der Waals surface area contributed by atoms with Gasteiger partial charge in [0.15, 0.2) is 0 Å². The van der Waals surface area contributed by atoms with Gasteiger partial charge in [0.2, 0.25) is 0 Å². The van der Waals surface area contributed by atoms with Gasteiger partial charge in [0.1, 0.15) is 11.6 Å². The molecule has 0 amide bonds. The van der Waals surface area contributed by atoms with E-state index < -0.39 is 11.6 Å². The molecular formula is C14H21F2NO2. The van der Waals surface area contributed by atoms with E-state index in [9.17, 15) is 8.78 Å². The molecule has 5 heteroatoms. The lowest BCUT2D eigenvalue weighted by molar-refractivity contribution is 0.0688. The summed E-state index contributed by atoms with van der Waals surface area (Å²) >= 11 is 0. The zero-order valence-electron chi connectivity index (χ0n) is 11.3. The Hall–Kier alpha value is -1.04. The third-order valence-corrected chi connectivity index (χ3v) is 2.58. The molecule has 1 N–H and O–H groups in total. The van der Waals surface area contributed by atoms with Gasteiger partial charge in [-0.1, -0.05) is 0 Å². The standard InChI is InChI=1S/C14H21F2NO2/c1-18-6-7-19-5-3-2-4-17-11-12-8-13(15)10-14(16)9-12/h8-10,17H,2-7,11H2,1H3. The van der Waals surface area contributed by atoms with Crippen LogP contribution in [0.5, 0.6) is 0 Å². The Labute approximate surface area is 112 Å². The first-order valence-corrected chi connectivity index (χ1v) is 6.44. The zero-order valence-corrected chi connectivity index (χ0v) is 11.3. The quantitative estimate of drug-likeness (QED) is 0.664. The second kappa shape index (κ2) is 9.83. The van der Waals surface area contributed by atoms with Crippen molar-refractivity contribution in [1.82, 2.24) is 5.32 Å². The second-order valence-electron chi connectivity index (χ2n) is 4.27. The van der Waals surface area contributed by atoms with Crippen molar-refractivity contribution in [2.24, 2.45) is 0 Å². The number of halogens is 2. The Morgan fingerprint density at radius 1 is 1.00 bits per heavy atom. The van der Waals surface area contributed by atoms with Gasteiger partial charge in [-0.3, -0.25) is 0 Å². The average Bonchev–Trinajstić information content (AvgIpc) is 2.36. The number of rotatable bonds is 10. The zero-order chi connectivity index (χ0) is 13.9. The van der Waals surface area contributed by atoms with E-state index in [1.54, 1.807) is 7.11 Å². The molecule has 0 fully saturated rings. The average molecular weight is 273 g/mol. The molecule has 0 aromatic heterocycles. The molecule has 0 atom stereocenters. The molecule has 0 aliphatic heterocycles. The first-order valence-electron chi connectivity index (χ1n) is 6.44. The summed E-state index contributed by atoms with van der Waals surface area (Å²) < 4.78 is 36.0. The molecule has 0 heterocycles. The normalized spacial score (nSPS) is 10.9. The maximum absolute atomic E-state index is 12.9. The van der Waals surface area contributed by atoms with E-state index >= 15 is 0 Å². The van der Waals surface area contributed by atoms with Gasteiger partial charge in [0, 0.05) is 26.3 Å². The van der Waals surface area contributed by atoms with Crippen LogP contribution in [0, 0.1) is 11.6 Å². The highest BCUT2D eigenvalue weighted by molar-refractivity contribution is 5.17. The number of nitrogens with one attached hydrogen (secondary N) is 1. The van der Waals surface area contributed by atoms with Gasteiger partial charge in [0.25, 0.3) is 0 Å². The predicted molar refractivity (Wildman–Crippen MR) is 70.0 cm³/mol. The molecule has 0 unspecified atom stereocenters. The van der Waals surface area contributed by atoms with Crippen molar-refractivity contribution in [3.05, 3.63) is 35.4 Å². The Bertz CT molecular complexity index is 341. The topological polar surface area (TPSA) is 30.5 Å². The van der Waals surface area contributed by atoms with E-state index in [1.165, 1.54) is 12.1 Å². The van der Waals surface area contributed by atoms with Gasteiger partial charge in [-0.25, -0.2) is 8.78 Å². The van der Waals surface area contributed by atoms with Crippen LogP contribution in [0.4, 0.5) is 8.78 Å². The maximum atomic E-state index is 12.9. The van der Waals surface area contributed by atoms with Crippen molar-refractivity contribution in [1.29, 1.82) is 0 Å². The predicted octanol–water partition coefficient (Wildman–Crippen LogP) is 2.50. The molecule has 1 rings (SSSR count). The number of methoxy groups -OCH3 is 1. The molecule has 0 saturated carbocycles. The summed E-state index contributed by atoms with van der Waals surface area (Å²) in [5, 5.41) is 3.14. The molecule has 1 aromatic rings. The minimum absolute atomic E-state index is 0.471. The van der Waals surface area contributed by atoms with E-state index in [0.717, 1.165) is 25.5 Å². The van der Waals surface area contributed by atoms with E-state index in [0.29, 0.717) is 31.9 Å². The first-order chi connectivity index (χ1) is 9.22. The Morgan fingerprint density at radius 2 is 1.74 bits per heavy atom. The summed E-state index contributed by atoms with van der Waals surface area (Å²) in [6.07, 6.45) is 1.92. The highest BCUT2D eigenvalue weighted by atomic mass is 19.1. The fourth-order valence-corrected chi connectivity index (χ4v) is 1.64. The van der Waals surface area contributed by atoms with Crippen molar-refractivity contribution in [3.63, 3.8) is 0 Å². The number of hydrogen-bond acceptors (Lipinski definition) is 3. The van der Waals surface area contributed by atoms with Gasteiger partial charge in [-0.05, 0) is 37.1 Å². The molecule has 19 heavy (non-hydrogen) atoms. The summed E-state index contributed by atoms with van der Waals surface area (Å²) in [6.45, 7) is 3.21. The van der Waals surface area contributed by atoms with Crippen LogP contribution in [0.25, 0.3) is 0 Å². The largest absolute Gasteiger partial charge is 0.382 e. The van der Waals surface area contributed by atoms with Crippen LogP contribution < -0.4 is 5.32 Å². The highest BCUT2D eigenvalue weighted by Crippen LogP contribution is 2.07. The number of unbranched alkanes of at least 4 members (excludes halogenated alkanes) is 1. The summed E-state index contributed by atoms with van der Waals surface area (Å²) in [6, 6.07) is 3.55. The number of hydrogen-bond donors (Lipinski definition) is 1. The van der Waals surface area contributed by atoms with Crippen LogP contribution in [-0.2, 0) is 16.0 Å². The van der Waals surface area contributed by atoms with E-state index in [2.05, 4.69) is 5.32 Å². The Kier molecular flexibility index (Phi) is 8.29. The third kappa shape index (κ3) is 7.87. The molecular weight excluding hydrogens is 252 g/mol. The fourth-order valence-electron chi connectivity index (χ4n) is 1.64. The van der Waals surface area contributed by atoms with E-state index in [4.69, 9.17) is 9.47 Å². The highest BCUT2D eigenvalue weighted by Gasteiger charge is 2.00. The minimum atomic E-state index is -0.539. The lowest BCUT2D eigenvalue weighted by Crippen LogP contribution is -2.15. The van der Waals surface area contributed by atoms with Crippen LogP contribution >= 0.6 is 0 Å². The van der Waals surface area contributed by atoms with Crippen LogP contribution in [0.3, 0.4) is 0 Å². The summed E-state index contributed by atoms with van der Waals surface area (Å²) in [4.78, 5) is 0.